The van der Waals surface area contributed by atoms with Crippen LogP contribution in [0.2, 0.25) is 0 Å². The molecule has 0 aromatic carbocycles. The third kappa shape index (κ3) is 13.4. The number of methoxy groups -OCH3 is 2. The van der Waals surface area contributed by atoms with Crippen LogP contribution in [0.1, 0.15) is 85.5 Å². The summed E-state index contributed by atoms with van der Waals surface area (Å²) in [4.78, 5) is 84.7. The summed E-state index contributed by atoms with van der Waals surface area (Å²) in [5.74, 6) is -2.09. The van der Waals surface area contributed by atoms with E-state index in [1.54, 1.807) is 36.9 Å². The highest BCUT2D eigenvalue weighted by Crippen LogP contribution is 2.28. The van der Waals surface area contributed by atoms with Crippen LogP contribution < -0.4 is 10.6 Å². The van der Waals surface area contributed by atoms with E-state index in [1.165, 1.54) is 24.0 Å². The van der Waals surface area contributed by atoms with Gasteiger partial charge in [0.25, 0.3) is 0 Å². The molecule has 2 aliphatic heterocycles. The number of likely N-dealkylation sites (N-methyl/N-ethyl adjacent to an activating group) is 2. The maximum atomic E-state index is 13.8. The number of hydrogen-bond donors (Lipinski definition) is 3. The first kappa shape index (κ1) is 45.6. The first-order valence-electron chi connectivity index (χ1n) is 19.2. The predicted octanol–water partition coefficient (Wildman–Crippen LogP) is 1.33. The molecule has 2 heterocycles. The SMILES string of the molecule is CCCC(C(CC(=O)N1CCCC1C(OC)C(C)C(=O)NCCO)OC)N(C)C(=O)CNC(=O)C(C(C)C)N(C)C(=O)CCCCCN1CC=CC1=O. The third-order valence-corrected chi connectivity index (χ3v) is 10.5. The van der Waals surface area contributed by atoms with Gasteiger partial charge in [-0.05, 0) is 38.0 Å². The molecule has 6 amide bonds. The van der Waals surface area contributed by atoms with Gasteiger partial charge in [-0.3, -0.25) is 28.8 Å². The van der Waals surface area contributed by atoms with Crippen molar-refractivity contribution in [2.45, 2.75) is 116 Å². The maximum Gasteiger partial charge on any atom is 0.246 e. The van der Waals surface area contributed by atoms with Crippen LogP contribution in [0.15, 0.2) is 12.2 Å². The lowest BCUT2D eigenvalue weighted by Crippen LogP contribution is -2.54. The Morgan fingerprint density at radius 2 is 1.70 bits per heavy atom. The minimum atomic E-state index is -0.766. The monoisotopic (exact) mass is 750 g/mol. The summed E-state index contributed by atoms with van der Waals surface area (Å²) in [6, 6.07) is -1.54. The zero-order valence-electron chi connectivity index (χ0n) is 33.3. The summed E-state index contributed by atoms with van der Waals surface area (Å²) in [5.41, 5.74) is 0. The van der Waals surface area contributed by atoms with Gasteiger partial charge in [-0.15, -0.1) is 0 Å². The number of unbranched alkanes of at least 4 members (excludes halogenated alkanes) is 2. The molecule has 0 aromatic rings. The number of aliphatic hydroxyl groups is 1. The molecule has 53 heavy (non-hydrogen) atoms. The lowest BCUT2D eigenvalue weighted by molar-refractivity contribution is -0.145. The Kier molecular flexibility index (Phi) is 20.0. The van der Waals surface area contributed by atoms with Crippen molar-refractivity contribution in [2.75, 3.05) is 67.6 Å². The average Bonchev–Trinajstić information content (AvgIpc) is 3.79. The molecule has 2 rings (SSSR count). The highest BCUT2D eigenvalue weighted by atomic mass is 16.5. The first-order chi connectivity index (χ1) is 25.2. The van der Waals surface area contributed by atoms with E-state index in [4.69, 9.17) is 14.6 Å². The zero-order chi connectivity index (χ0) is 39.7. The van der Waals surface area contributed by atoms with Gasteiger partial charge < -0.3 is 44.8 Å². The Bertz CT molecular complexity index is 1250. The number of nitrogens with zero attached hydrogens (tertiary/aromatic N) is 4. The van der Waals surface area contributed by atoms with E-state index in [0.717, 1.165) is 25.7 Å². The molecule has 0 aromatic heterocycles. The van der Waals surface area contributed by atoms with E-state index in [2.05, 4.69) is 10.6 Å². The molecule has 0 spiro atoms. The summed E-state index contributed by atoms with van der Waals surface area (Å²) in [6.45, 7) is 8.90. The van der Waals surface area contributed by atoms with Gasteiger partial charge in [-0.1, -0.05) is 46.6 Å². The van der Waals surface area contributed by atoms with Crippen molar-refractivity contribution in [3.63, 3.8) is 0 Å². The Labute approximate surface area is 316 Å². The van der Waals surface area contributed by atoms with Crippen LogP contribution in [0.4, 0.5) is 0 Å². The number of ether oxygens (including phenoxy) is 2. The summed E-state index contributed by atoms with van der Waals surface area (Å²) in [5, 5.41) is 14.5. The number of nitrogens with one attached hydrogen (secondary N) is 2. The number of carbonyl (C=O) groups excluding carboxylic acids is 6. The van der Waals surface area contributed by atoms with Gasteiger partial charge in [-0.25, -0.2) is 0 Å². The van der Waals surface area contributed by atoms with Gasteiger partial charge in [0.2, 0.25) is 35.4 Å². The molecular weight excluding hydrogens is 684 g/mol. The van der Waals surface area contributed by atoms with Crippen LogP contribution in [-0.4, -0.2) is 158 Å². The van der Waals surface area contributed by atoms with E-state index >= 15 is 0 Å². The predicted molar refractivity (Wildman–Crippen MR) is 200 cm³/mol. The molecule has 1 fully saturated rings. The fourth-order valence-corrected chi connectivity index (χ4v) is 7.49. The second kappa shape index (κ2) is 23.3. The molecule has 3 N–H and O–H groups in total. The van der Waals surface area contributed by atoms with E-state index in [9.17, 15) is 28.8 Å². The van der Waals surface area contributed by atoms with E-state index < -0.39 is 36.1 Å². The Morgan fingerprint density at radius 1 is 0.981 bits per heavy atom. The molecule has 1 saturated heterocycles. The third-order valence-electron chi connectivity index (χ3n) is 10.5. The number of hydrogen-bond acceptors (Lipinski definition) is 9. The lowest BCUT2D eigenvalue weighted by Gasteiger charge is -2.37. The Morgan fingerprint density at radius 3 is 2.28 bits per heavy atom. The van der Waals surface area contributed by atoms with E-state index in [-0.39, 0.29) is 74.0 Å². The molecule has 2 aliphatic rings. The topological polar surface area (TPSA) is 178 Å². The van der Waals surface area contributed by atoms with Gasteiger partial charge >= 0.3 is 0 Å². The van der Waals surface area contributed by atoms with E-state index in [0.29, 0.717) is 38.9 Å². The average molecular weight is 751 g/mol. The van der Waals surface area contributed by atoms with Crippen LogP contribution in [0.5, 0.6) is 0 Å². The van der Waals surface area contributed by atoms with Crippen molar-refractivity contribution in [3.8, 4) is 0 Å². The summed E-state index contributed by atoms with van der Waals surface area (Å²) in [7, 11) is 6.29. The Hall–Kier alpha value is -3.56. The molecule has 0 radical (unpaired) electrons. The van der Waals surface area contributed by atoms with Crippen LogP contribution in [0, 0.1) is 11.8 Å². The number of carbonyl (C=O) groups is 6. The van der Waals surface area contributed by atoms with Crippen molar-refractivity contribution in [2.24, 2.45) is 11.8 Å². The molecule has 15 nitrogen and oxygen atoms in total. The van der Waals surface area contributed by atoms with Crippen molar-refractivity contribution in [3.05, 3.63) is 12.2 Å². The normalized spacial score (nSPS) is 18.5. The molecule has 0 bridgehead atoms. The molecule has 15 heteroatoms. The minimum Gasteiger partial charge on any atom is -0.395 e. The van der Waals surface area contributed by atoms with Gasteiger partial charge in [0, 0.05) is 67.0 Å². The summed E-state index contributed by atoms with van der Waals surface area (Å²) >= 11 is 0. The lowest BCUT2D eigenvalue weighted by atomic mass is 9.94. The molecule has 6 unspecified atom stereocenters. The number of rotatable bonds is 24. The standard InChI is InChI=1S/C38H66N6O9/c1-9-15-28(30(52-7)24-33(48)44-22-13-16-29(44)36(53-8)27(4)37(50)39-19-23-45)41(5)34(49)25-40-38(51)35(26(2)3)42(6)31(46)17-11-10-12-20-43-21-14-18-32(43)47/h14,18,26-30,35-36,45H,9-13,15-17,19-25H2,1-8H3,(H,39,50)(H,40,51). The highest BCUT2D eigenvalue weighted by Gasteiger charge is 2.41. The largest absolute Gasteiger partial charge is 0.395 e. The van der Waals surface area contributed by atoms with Crippen LogP contribution in [0.25, 0.3) is 0 Å². The molecule has 0 saturated carbocycles. The van der Waals surface area contributed by atoms with Crippen molar-refractivity contribution < 1.29 is 43.3 Å². The van der Waals surface area contributed by atoms with Crippen molar-refractivity contribution >= 4 is 35.4 Å². The number of amides is 6. The highest BCUT2D eigenvalue weighted by molar-refractivity contribution is 5.91. The zero-order valence-corrected chi connectivity index (χ0v) is 33.3. The molecule has 0 aliphatic carbocycles. The van der Waals surface area contributed by atoms with Gasteiger partial charge in [0.15, 0.2) is 0 Å². The van der Waals surface area contributed by atoms with Gasteiger partial charge in [0.05, 0.1) is 49.8 Å². The number of likely N-dealkylation sites (tertiary alicyclic amines) is 1. The van der Waals surface area contributed by atoms with Crippen LogP contribution >= 0.6 is 0 Å². The van der Waals surface area contributed by atoms with Gasteiger partial charge in [-0.2, -0.15) is 0 Å². The molecule has 302 valence electrons. The molecule has 6 atom stereocenters. The van der Waals surface area contributed by atoms with Gasteiger partial charge in [0.1, 0.15) is 6.04 Å². The quantitative estimate of drug-likeness (QED) is 0.123. The first-order valence-corrected chi connectivity index (χ1v) is 19.2. The van der Waals surface area contributed by atoms with E-state index in [1.807, 2.05) is 26.8 Å². The van der Waals surface area contributed by atoms with Crippen LogP contribution in [0.3, 0.4) is 0 Å². The fourth-order valence-electron chi connectivity index (χ4n) is 7.49. The molecular formula is C38H66N6O9. The second-order valence-electron chi connectivity index (χ2n) is 14.5. The Balaban J connectivity index is 1.99. The maximum absolute atomic E-state index is 13.8. The van der Waals surface area contributed by atoms with Crippen molar-refractivity contribution in [1.82, 2.24) is 30.2 Å². The second-order valence-corrected chi connectivity index (χ2v) is 14.5. The smallest absolute Gasteiger partial charge is 0.246 e. The fraction of sp³-hybridized carbons (Fsp3) is 0.789. The van der Waals surface area contributed by atoms with Crippen molar-refractivity contribution in [1.29, 1.82) is 0 Å². The number of aliphatic hydroxyl groups excluding tert-OH is 1. The summed E-state index contributed by atoms with van der Waals surface area (Å²) < 4.78 is 11.6. The summed E-state index contributed by atoms with van der Waals surface area (Å²) in [6.07, 6.45) is 7.47. The van der Waals surface area contributed by atoms with Crippen LogP contribution in [-0.2, 0) is 38.2 Å². The minimum absolute atomic E-state index is 0.0130.